The van der Waals surface area contributed by atoms with E-state index in [1.54, 1.807) is 6.07 Å². The number of aldehydes is 1. The Morgan fingerprint density at radius 3 is 2.00 bits per heavy atom. The lowest BCUT2D eigenvalue weighted by Crippen LogP contribution is -2.05. The number of hydrogen-bond donors (Lipinski definition) is 2. The van der Waals surface area contributed by atoms with E-state index in [0.29, 0.717) is 0 Å². The highest BCUT2D eigenvalue weighted by atomic mass is 16.6. The number of aliphatic hydroxyl groups is 2. The summed E-state index contributed by atoms with van der Waals surface area (Å²) >= 11 is 0. The minimum atomic E-state index is -1.19. The van der Waals surface area contributed by atoms with Crippen LogP contribution in [-0.4, -0.2) is 28.0 Å². The van der Waals surface area contributed by atoms with E-state index in [2.05, 4.69) is 19.1 Å². The molecule has 1 rings (SSSR count). The number of nitrogens with zero attached hydrogens (tertiary/aromatic N) is 1. The van der Waals surface area contributed by atoms with Crippen molar-refractivity contribution >= 4 is 12.0 Å². The van der Waals surface area contributed by atoms with E-state index in [9.17, 15) is 20.0 Å². The fourth-order valence-corrected chi connectivity index (χ4v) is 2.97. The highest BCUT2D eigenvalue weighted by Crippen LogP contribution is 2.23. The summed E-state index contributed by atoms with van der Waals surface area (Å²) < 4.78 is 0. The maximum absolute atomic E-state index is 10.5. The van der Waals surface area contributed by atoms with E-state index >= 15 is 0 Å². The third-order valence-electron chi connectivity index (χ3n) is 4.75. The van der Waals surface area contributed by atoms with Crippen LogP contribution >= 0.6 is 0 Å². The minimum Gasteiger partial charge on any atom is -0.393 e. The molecule has 1 aromatic rings. The molecule has 1 unspecified atom stereocenters. The number of carbonyl (C=O) groups is 1. The number of allylic oxidation sites excluding steroid dienone is 2. The van der Waals surface area contributed by atoms with E-state index in [1.165, 1.54) is 82.4 Å². The molecule has 1 aromatic carbocycles. The lowest BCUT2D eigenvalue weighted by Gasteiger charge is -2.06. The number of nitro benzene ring substituents is 1. The maximum atomic E-state index is 10.5. The molecule has 0 aromatic heterocycles. The zero-order valence-corrected chi connectivity index (χ0v) is 18.4. The molecule has 0 fully saturated rings. The third kappa shape index (κ3) is 14.9. The molecule has 30 heavy (non-hydrogen) atoms. The molecule has 0 aliphatic rings. The first-order valence-electron chi connectivity index (χ1n) is 11.2. The van der Waals surface area contributed by atoms with Crippen LogP contribution in [0.5, 0.6) is 0 Å². The summed E-state index contributed by atoms with van der Waals surface area (Å²) in [5.41, 5.74) is -0.0425. The van der Waals surface area contributed by atoms with Gasteiger partial charge in [-0.15, -0.1) is 0 Å². The summed E-state index contributed by atoms with van der Waals surface area (Å²) in [7, 11) is 0. The van der Waals surface area contributed by atoms with Crippen LogP contribution in [0, 0.1) is 10.1 Å². The van der Waals surface area contributed by atoms with Crippen molar-refractivity contribution in [2.24, 2.45) is 0 Å². The van der Waals surface area contributed by atoms with Gasteiger partial charge in [0.05, 0.1) is 17.1 Å². The number of nitro groups is 1. The molecule has 170 valence electrons. The lowest BCUT2D eigenvalue weighted by molar-refractivity contribution is -0.386. The molecule has 6 nitrogen and oxygen atoms in total. The van der Waals surface area contributed by atoms with Crippen LogP contribution in [0.15, 0.2) is 36.4 Å². The van der Waals surface area contributed by atoms with E-state index in [1.807, 2.05) is 0 Å². The van der Waals surface area contributed by atoms with Crippen molar-refractivity contribution in [1.29, 1.82) is 0 Å². The van der Waals surface area contributed by atoms with Crippen molar-refractivity contribution in [2.75, 3.05) is 6.61 Å². The number of para-hydroxylation sites is 1. The van der Waals surface area contributed by atoms with E-state index < -0.39 is 17.6 Å². The third-order valence-corrected chi connectivity index (χ3v) is 4.75. The molecule has 0 aliphatic heterocycles. The van der Waals surface area contributed by atoms with Gasteiger partial charge in [-0.05, 0) is 31.7 Å². The number of aliphatic hydroxyl groups excluding tert-OH is 2. The van der Waals surface area contributed by atoms with Gasteiger partial charge < -0.3 is 15.0 Å². The Bertz CT molecular complexity index is 589. The molecule has 0 spiro atoms. The summed E-state index contributed by atoms with van der Waals surface area (Å²) in [5, 5.41) is 28.3. The Labute approximate surface area is 181 Å². The molecule has 0 aliphatic carbocycles. The van der Waals surface area contributed by atoms with Gasteiger partial charge in [0.1, 0.15) is 12.4 Å². The van der Waals surface area contributed by atoms with Crippen molar-refractivity contribution in [1.82, 2.24) is 0 Å². The number of unbranched alkanes of at least 4 members (excludes halogenated alkanes) is 10. The van der Waals surface area contributed by atoms with Crippen molar-refractivity contribution < 1.29 is 19.9 Å². The Morgan fingerprint density at radius 2 is 1.47 bits per heavy atom. The summed E-state index contributed by atoms with van der Waals surface area (Å²) in [6.07, 6.45) is 19.5. The van der Waals surface area contributed by atoms with Crippen molar-refractivity contribution in [2.45, 2.75) is 90.1 Å². The largest absolute Gasteiger partial charge is 0.393 e. The van der Waals surface area contributed by atoms with Crippen LogP contribution in [0.25, 0.3) is 0 Å². The molecule has 6 heteroatoms. The van der Waals surface area contributed by atoms with Gasteiger partial charge in [0.15, 0.2) is 0 Å². The fourth-order valence-electron chi connectivity index (χ4n) is 2.97. The monoisotopic (exact) mass is 421 g/mol. The second kappa shape index (κ2) is 20.2. The van der Waals surface area contributed by atoms with E-state index in [4.69, 9.17) is 5.11 Å². The van der Waals surface area contributed by atoms with Crippen molar-refractivity contribution in [3.8, 4) is 0 Å². The predicted octanol–water partition coefficient (Wildman–Crippen LogP) is 6.06. The van der Waals surface area contributed by atoms with E-state index in [-0.39, 0.29) is 11.3 Å². The molecule has 0 saturated carbocycles. The van der Waals surface area contributed by atoms with Crippen LogP contribution in [0.4, 0.5) is 5.69 Å². The van der Waals surface area contributed by atoms with Gasteiger partial charge in [0.25, 0.3) is 5.69 Å². The number of rotatable bonds is 16. The first-order chi connectivity index (χ1) is 14.6. The van der Waals surface area contributed by atoms with Crippen LogP contribution in [-0.2, 0) is 4.79 Å². The average molecular weight is 422 g/mol. The van der Waals surface area contributed by atoms with E-state index in [0.717, 1.165) is 19.1 Å². The van der Waals surface area contributed by atoms with Gasteiger partial charge >= 0.3 is 0 Å². The predicted molar refractivity (Wildman–Crippen MR) is 121 cm³/mol. The second-order valence-corrected chi connectivity index (χ2v) is 7.35. The van der Waals surface area contributed by atoms with Gasteiger partial charge in [-0.1, -0.05) is 76.2 Å². The molecule has 0 bridgehead atoms. The average Bonchev–Trinajstić information content (AvgIpc) is 2.77. The first kappa shape index (κ1) is 27.9. The first-order valence-corrected chi connectivity index (χ1v) is 11.2. The van der Waals surface area contributed by atoms with Crippen LogP contribution in [0.2, 0.25) is 0 Å². The topological polar surface area (TPSA) is 101 Å². The van der Waals surface area contributed by atoms with Gasteiger partial charge in [-0.2, -0.15) is 0 Å². The van der Waals surface area contributed by atoms with Gasteiger partial charge in [0, 0.05) is 12.5 Å². The molecular weight excluding hydrogens is 382 g/mol. The molecule has 0 radical (unpaired) electrons. The summed E-state index contributed by atoms with van der Waals surface area (Å²) in [6, 6.07) is 5.78. The van der Waals surface area contributed by atoms with Crippen molar-refractivity contribution in [3.63, 3.8) is 0 Å². The standard InChI is InChI=1S/C16H30O.C8H9NO4/c1-2-3-4-5-6-7-8-9-10-11-12-13-14-15-16-17;10-5-8(11)6-3-1-2-4-7(6)9(12)13/h5-6,16H,2-4,7-15H2,1H3;1-4,8,10-11H,5H2. The molecule has 1 atom stereocenters. The quantitative estimate of drug-likeness (QED) is 0.111. The summed E-state index contributed by atoms with van der Waals surface area (Å²) in [5.74, 6) is 0. The van der Waals surface area contributed by atoms with Gasteiger partial charge in [-0.3, -0.25) is 10.1 Å². The zero-order valence-electron chi connectivity index (χ0n) is 18.4. The highest BCUT2D eigenvalue weighted by Gasteiger charge is 2.18. The highest BCUT2D eigenvalue weighted by molar-refractivity contribution is 5.48. The maximum Gasteiger partial charge on any atom is 0.275 e. The molecule has 2 N–H and O–H groups in total. The SMILES string of the molecule is CCCCC=CCCCCCCCCCC=O.O=[N+]([O-])c1ccccc1C(O)CO. The molecule has 0 heterocycles. The summed E-state index contributed by atoms with van der Waals surface area (Å²) in [6.45, 7) is 1.72. The molecule has 0 amide bonds. The number of carbonyl (C=O) groups excluding carboxylic acids is 1. The minimum absolute atomic E-state index is 0.134. The van der Waals surface area contributed by atoms with Gasteiger partial charge in [-0.25, -0.2) is 0 Å². The van der Waals surface area contributed by atoms with Crippen LogP contribution in [0.1, 0.15) is 95.6 Å². The number of benzene rings is 1. The fraction of sp³-hybridized carbons (Fsp3) is 0.625. The Morgan fingerprint density at radius 1 is 0.933 bits per heavy atom. The Kier molecular flexibility index (Phi) is 18.8. The zero-order chi connectivity index (χ0) is 22.5. The normalized spacial score (nSPS) is 11.7. The Balaban J connectivity index is 0.000000579. The smallest absolute Gasteiger partial charge is 0.275 e. The summed E-state index contributed by atoms with van der Waals surface area (Å²) in [4.78, 5) is 20.0. The number of hydrogen-bond acceptors (Lipinski definition) is 5. The molecular formula is C24H39NO5. The van der Waals surface area contributed by atoms with Crippen molar-refractivity contribution in [3.05, 3.63) is 52.1 Å². The second-order valence-electron chi connectivity index (χ2n) is 7.35. The lowest BCUT2D eigenvalue weighted by atomic mass is 10.1. The molecule has 0 saturated heterocycles. The van der Waals surface area contributed by atoms with Crippen LogP contribution in [0.3, 0.4) is 0 Å². The van der Waals surface area contributed by atoms with Crippen LogP contribution < -0.4 is 0 Å². The Hall–Kier alpha value is -2.05. The van der Waals surface area contributed by atoms with Gasteiger partial charge in [0.2, 0.25) is 0 Å².